The number of hydrogen-bond donors (Lipinski definition) is 0. The summed E-state index contributed by atoms with van der Waals surface area (Å²) in [5.41, 5.74) is 0. The van der Waals surface area contributed by atoms with Crippen LogP contribution in [0.3, 0.4) is 0 Å². The van der Waals surface area contributed by atoms with Crippen LogP contribution in [0.4, 0.5) is 0 Å². The first-order valence-corrected chi connectivity index (χ1v) is 2.03. The molecule has 0 radical (unpaired) electrons. The first kappa shape index (κ1) is 9.47. The van der Waals surface area contributed by atoms with Crippen LogP contribution in [0.5, 0.6) is 0 Å². The van der Waals surface area contributed by atoms with Crippen molar-refractivity contribution < 1.29 is 35.8 Å². The molecule has 0 spiro atoms. The van der Waals surface area contributed by atoms with Crippen LogP contribution in [-0.4, -0.2) is 11.6 Å². The van der Waals surface area contributed by atoms with Crippen molar-refractivity contribution in [3.8, 4) is 0 Å². The van der Waals surface area contributed by atoms with Gasteiger partial charge in [-0.2, -0.15) is 0 Å². The zero-order valence-electron chi connectivity index (χ0n) is 4.07. The predicted molar refractivity (Wildman–Crippen MR) is 21.0 cm³/mol. The number of halogens is 1. The van der Waals surface area contributed by atoms with Gasteiger partial charge < -0.3 is 6.22 Å². The molecule has 0 aliphatic rings. The van der Waals surface area contributed by atoms with Crippen molar-refractivity contribution in [3.63, 3.8) is 0 Å². The van der Waals surface area contributed by atoms with Crippen molar-refractivity contribution in [2.45, 2.75) is 0 Å². The molecule has 26 valence electrons. The average Bonchev–Trinajstić information content (AvgIpc) is 1.37. The Kier molecular flexibility index (Phi) is 16.9. The second-order valence-corrected chi connectivity index (χ2v) is 0.968. The fraction of sp³-hybridized carbons (Fsp3) is 0.500. The molecule has 0 fully saturated rings. The molecule has 0 unspecified atom stereocenters. The molecule has 0 bridgehead atoms. The zero-order chi connectivity index (χ0) is 3.41. The van der Waals surface area contributed by atoms with Crippen LogP contribution in [0.25, 0.3) is 0 Å². The first-order valence-electron chi connectivity index (χ1n) is 0.911. The van der Waals surface area contributed by atoms with Gasteiger partial charge in [0.05, 0.1) is 5.33 Å². The van der Waals surface area contributed by atoms with Gasteiger partial charge in [-0.25, -0.2) is 0 Å². The summed E-state index contributed by atoms with van der Waals surface area (Å²) < 4.78 is 0. The number of aldehydes is 1. The summed E-state index contributed by atoms with van der Waals surface area (Å²) in [6.45, 7) is 0. The molecule has 0 saturated carbocycles. The molecule has 1 nitrogen and oxygen atoms in total. The SMILES string of the molecule is O=CCBr.[H-].[Na+]. The van der Waals surface area contributed by atoms with E-state index in [0.29, 0.717) is 5.33 Å². The minimum atomic E-state index is 0. The van der Waals surface area contributed by atoms with Crippen molar-refractivity contribution in [1.29, 1.82) is 0 Å². The minimum Gasteiger partial charge on any atom is -1.00 e. The summed E-state index contributed by atoms with van der Waals surface area (Å²) >= 11 is 2.88. The maximum Gasteiger partial charge on any atom is 1.00 e. The molecule has 3 heteroatoms. The van der Waals surface area contributed by atoms with E-state index in [-0.39, 0.29) is 31.0 Å². The maximum atomic E-state index is 9.13. The molecule has 0 atom stereocenters. The molecule has 0 aliphatic carbocycles. The number of carbonyl (C=O) groups is 1. The van der Waals surface area contributed by atoms with Gasteiger partial charge in [0.25, 0.3) is 0 Å². The normalized spacial score (nSPS) is 5.00. The van der Waals surface area contributed by atoms with Crippen LogP contribution in [-0.2, 0) is 4.79 Å². The van der Waals surface area contributed by atoms with Gasteiger partial charge in [-0.3, -0.25) is 0 Å². The Morgan fingerprint density at radius 3 is 2.20 bits per heavy atom. The van der Waals surface area contributed by atoms with Crippen LogP contribution in [0.2, 0.25) is 0 Å². The second kappa shape index (κ2) is 8.94. The Morgan fingerprint density at radius 2 is 2.20 bits per heavy atom. The largest absolute Gasteiger partial charge is 1.00 e. The van der Waals surface area contributed by atoms with Crippen LogP contribution >= 0.6 is 15.9 Å². The van der Waals surface area contributed by atoms with Crippen molar-refractivity contribution in [3.05, 3.63) is 0 Å². The maximum absolute atomic E-state index is 9.13. The minimum absolute atomic E-state index is 0. The van der Waals surface area contributed by atoms with Gasteiger partial charge in [-0.1, -0.05) is 15.9 Å². The molecule has 0 amide bonds. The molecule has 0 aromatic carbocycles. The van der Waals surface area contributed by atoms with Crippen LogP contribution < -0.4 is 29.6 Å². The van der Waals surface area contributed by atoms with Crippen LogP contribution in [0.15, 0.2) is 0 Å². The Bertz CT molecular complexity index is 27.5. The predicted octanol–water partition coefficient (Wildman–Crippen LogP) is -2.30. The third kappa shape index (κ3) is 11.1. The fourth-order valence-corrected chi connectivity index (χ4v) is 0. The van der Waals surface area contributed by atoms with Gasteiger partial charge in [0.15, 0.2) is 0 Å². The van der Waals surface area contributed by atoms with E-state index < -0.39 is 0 Å². The topological polar surface area (TPSA) is 17.1 Å². The Balaban J connectivity index is -0.0000000450. The third-order valence-corrected chi connectivity index (χ3v) is 0.327. The van der Waals surface area contributed by atoms with Crippen molar-refractivity contribution in [2.24, 2.45) is 0 Å². The Labute approximate surface area is 63.0 Å². The van der Waals surface area contributed by atoms with Gasteiger partial charge >= 0.3 is 29.6 Å². The average molecular weight is 147 g/mol. The zero-order valence-corrected chi connectivity index (χ0v) is 6.66. The quantitative estimate of drug-likeness (QED) is 0.231. The third-order valence-electron chi connectivity index (χ3n) is 0.0630. The Hall–Kier alpha value is 1.15. The summed E-state index contributed by atoms with van der Waals surface area (Å²) in [5.74, 6) is 0. The summed E-state index contributed by atoms with van der Waals surface area (Å²) in [5, 5.41) is 0.451. The van der Waals surface area contributed by atoms with E-state index in [1.807, 2.05) is 0 Å². The van der Waals surface area contributed by atoms with E-state index in [9.17, 15) is 0 Å². The van der Waals surface area contributed by atoms with Crippen molar-refractivity contribution in [1.82, 2.24) is 0 Å². The van der Waals surface area contributed by atoms with Crippen LogP contribution in [0, 0.1) is 0 Å². The van der Waals surface area contributed by atoms with Gasteiger partial charge in [-0.05, 0) is 0 Å². The summed E-state index contributed by atoms with van der Waals surface area (Å²) in [7, 11) is 0. The van der Waals surface area contributed by atoms with Crippen LogP contribution in [0.1, 0.15) is 1.43 Å². The Morgan fingerprint density at radius 1 is 2.00 bits per heavy atom. The molecule has 0 rings (SSSR count). The monoisotopic (exact) mass is 146 g/mol. The van der Waals surface area contributed by atoms with E-state index in [1.165, 1.54) is 0 Å². The van der Waals surface area contributed by atoms with E-state index in [1.54, 1.807) is 0 Å². The van der Waals surface area contributed by atoms with E-state index in [4.69, 9.17) is 4.79 Å². The smallest absolute Gasteiger partial charge is 1.00 e. The molecular formula is C2H4BrNaO. The van der Waals surface area contributed by atoms with E-state index >= 15 is 0 Å². The number of alkyl halides is 1. The molecule has 0 aromatic rings. The van der Waals surface area contributed by atoms with Crippen molar-refractivity contribution >= 4 is 22.2 Å². The molecule has 5 heavy (non-hydrogen) atoms. The van der Waals surface area contributed by atoms with Gasteiger partial charge in [0.2, 0.25) is 0 Å². The number of rotatable bonds is 1. The summed E-state index contributed by atoms with van der Waals surface area (Å²) in [6.07, 6.45) is 0.792. The van der Waals surface area contributed by atoms with E-state index in [2.05, 4.69) is 15.9 Å². The summed E-state index contributed by atoms with van der Waals surface area (Å²) in [4.78, 5) is 9.13. The first-order chi connectivity index (χ1) is 1.91. The van der Waals surface area contributed by atoms with Gasteiger partial charge in [-0.15, -0.1) is 0 Å². The number of hydrogen-bond acceptors (Lipinski definition) is 1. The fourth-order valence-electron chi connectivity index (χ4n) is 0. The van der Waals surface area contributed by atoms with Crippen molar-refractivity contribution in [2.75, 3.05) is 5.33 Å². The molecule has 0 N–H and O–H groups in total. The molecule has 0 saturated heterocycles. The second-order valence-electron chi connectivity index (χ2n) is 0.321. The molecule has 0 aliphatic heterocycles. The van der Waals surface area contributed by atoms with E-state index in [0.717, 1.165) is 6.29 Å². The summed E-state index contributed by atoms with van der Waals surface area (Å²) in [6, 6.07) is 0. The standard InChI is InChI=1S/C2H3BrO.Na.H/c3-1-2-4;;/h2H,1H2;;/q;+1;-1. The molecule has 0 heterocycles. The number of carbonyl (C=O) groups excluding carboxylic acids is 1. The molecule has 0 aromatic heterocycles. The van der Waals surface area contributed by atoms with Gasteiger partial charge in [0, 0.05) is 0 Å². The molecular weight excluding hydrogens is 143 g/mol. The van der Waals surface area contributed by atoms with Gasteiger partial charge in [0.1, 0.15) is 6.29 Å².